The number of nitrogens with two attached hydrogens (primary N) is 1. The van der Waals surface area contributed by atoms with Gasteiger partial charge in [-0.25, -0.2) is 4.57 Å². The maximum absolute atomic E-state index is 12.6. The van der Waals surface area contributed by atoms with Crippen molar-refractivity contribution in [2.75, 3.05) is 26.4 Å². The van der Waals surface area contributed by atoms with E-state index >= 15 is 0 Å². The van der Waals surface area contributed by atoms with Gasteiger partial charge in [-0.1, -0.05) is 167 Å². The Kier molecular flexibility index (Phi) is 37.5. The molecule has 302 valence electrons. The maximum Gasteiger partial charge on any atom is 0.472 e. The molecule has 0 aliphatic rings. The quantitative estimate of drug-likeness (QED) is 0.0272. The smallest absolute Gasteiger partial charge is 0.462 e. The van der Waals surface area contributed by atoms with Crippen LogP contribution in [0.2, 0.25) is 0 Å². The molecule has 0 amide bonds. The van der Waals surface area contributed by atoms with E-state index in [0.29, 0.717) is 6.42 Å². The fourth-order valence-corrected chi connectivity index (χ4v) is 6.75. The van der Waals surface area contributed by atoms with Gasteiger partial charge in [-0.2, -0.15) is 0 Å². The second-order valence-electron chi connectivity index (χ2n) is 14.2. The Bertz CT molecular complexity index is 856. The molecule has 0 aliphatic heterocycles. The first kappa shape index (κ1) is 49.8. The van der Waals surface area contributed by atoms with Crippen LogP contribution in [0.1, 0.15) is 206 Å². The highest BCUT2D eigenvalue weighted by atomic mass is 31.2. The summed E-state index contributed by atoms with van der Waals surface area (Å²) < 4.78 is 32.7. The second kappa shape index (κ2) is 38.5. The number of hydrogen-bond donors (Lipinski definition) is 2. The third-order valence-corrected chi connectivity index (χ3v) is 10.1. The van der Waals surface area contributed by atoms with E-state index in [1.54, 1.807) is 0 Å². The van der Waals surface area contributed by atoms with Crippen molar-refractivity contribution >= 4 is 19.8 Å². The lowest BCUT2D eigenvalue weighted by Gasteiger charge is -2.19. The predicted molar refractivity (Wildman–Crippen MR) is 211 cm³/mol. The van der Waals surface area contributed by atoms with Gasteiger partial charge in [0, 0.05) is 19.4 Å². The lowest BCUT2D eigenvalue weighted by molar-refractivity contribution is -0.161. The van der Waals surface area contributed by atoms with Crippen molar-refractivity contribution in [3.05, 3.63) is 12.2 Å². The lowest BCUT2D eigenvalue weighted by atomic mass is 10.0. The van der Waals surface area contributed by atoms with Crippen LogP contribution >= 0.6 is 7.82 Å². The van der Waals surface area contributed by atoms with Gasteiger partial charge < -0.3 is 20.1 Å². The van der Waals surface area contributed by atoms with Crippen LogP contribution in [0.15, 0.2) is 12.2 Å². The topological polar surface area (TPSA) is 134 Å². The SMILES string of the molecule is CCCCCCCC/C=C\CCCCCCCCCC(=O)OC(COC(=O)CCCCCCCCCCCCCCC)COP(=O)(O)OCCN. The van der Waals surface area contributed by atoms with Crippen molar-refractivity contribution in [1.82, 2.24) is 0 Å². The minimum Gasteiger partial charge on any atom is -0.462 e. The summed E-state index contributed by atoms with van der Waals surface area (Å²) in [5.74, 6) is -0.825. The molecular weight excluding hydrogens is 665 g/mol. The number of phosphoric ester groups is 1. The molecule has 2 unspecified atom stereocenters. The average Bonchev–Trinajstić information content (AvgIpc) is 3.11. The monoisotopic (exact) mass is 746 g/mol. The number of phosphoric acid groups is 1. The van der Waals surface area contributed by atoms with Crippen molar-refractivity contribution in [3.8, 4) is 0 Å². The van der Waals surface area contributed by atoms with Gasteiger partial charge in [-0.05, 0) is 38.5 Å². The summed E-state index contributed by atoms with van der Waals surface area (Å²) in [7, 11) is -4.37. The van der Waals surface area contributed by atoms with Crippen molar-refractivity contribution in [3.63, 3.8) is 0 Å². The second-order valence-corrected chi connectivity index (χ2v) is 15.7. The normalized spacial score (nSPS) is 13.4. The van der Waals surface area contributed by atoms with E-state index in [1.165, 1.54) is 128 Å². The first-order valence-electron chi connectivity index (χ1n) is 21.2. The van der Waals surface area contributed by atoms with E-state index in [-0.39, 0.29) is 38.6 Å². The van der Waals surface area contributed by atoms with E-state index < -0.39 is 26.5 Å². The third-order valence-electron chi connectivity index (χ3n) is 9.15. The van der Waals surface area contributed by atoms with Crippen molar-refractivity contribution in [2.45, 2.75) is 213 Å². The molecule has 0 radical (unpaired) electrons. The van der Waals surface area contributed by atoms with Gasteiger partial charge in [-0.3, -0.25) is 18.6 Å². The van der Waals surface area contributed by atoms with Crippen LogP contribution in [0.4, 0.5) is 0 Å². The third kappa shape index (κ3) is 38.3. The van der Waals surface area contributed by atoms with Crippen molar-refractivity contribution in [1.29, 1.82) is 0 Å². The van der Waals surface area contributed by atoms with Crippen LogP contribution in [-0.4, -0.2) is 49.3 Å². The van der Waals surface area contributed by atoms with Gasteiger partial charge in [0.1, 0.15) is 6.61 Å². The Morgan fingerprint density at radius 2 is 0.961 bits per heavy atom. The zero-order chi connectivity index (χ0) is 37.5. The fraction of sp³-hybridized carbons (Fsp3) is 0.902. The lowest BCUT2D eigenvalue weighted by Crippen LogP contribution is -2.29. The van der Waals surface area contributed by atoms with E-state index in [0.717, 1.165) is 44.9 Å². The molecule has 0 bridgehead atoms. The van der Waals surface area contributed by atoms with Crippen LogP contribution in [0.5, 0.6) is 0 Å². The summed E-state index contributed by atoms with van der Waals surface area (Å²) in [6.45, 7) is 3.74. The summed E-state index contributed by atoms with van der Waals surface area (Å²) in [5.41, 5.74) is 5.34. The Morgan fingerprint density at radius 3 is 1.39 bits per heavy atom. The molecule has 51 heavy (non-hydrogen) atoms. The minimum absolute atomic E-state index is 0.0554. The number of ether oxygens (including phenoxy) is 2. The first-order chi connectivity index (χ1) is 24.8. The first-order valence-corrected chi connectivity index (χ1v) is 22.7. The Labute approximate surface area is 313 Å². The van der Waals surface area contributed by atoms with Gasteiger partial charge >= 0.3 is 19.8 Å². The van der Waals surface area contributed by atoms with Gasteiger partial charge in [0.2, 0.25) is 0 Å². The predicted octanol–water partition coefficient (Wildman–Crippen LogP) is 11.8. The zero-order valence-corrected chi connectivity index (χ0v) is 34.0. The largest absolute Gasteiger partial charge is 0.472 e. The fourth-order valence-electron chi connectivity index (χ4n) is 5.98. The average molecular weight is 746 g/mol. The molecule has 0 aromatic rings. The number of rotatable bonds is 40. The number of unbranched alkanes of at least 4 members (excludes halogenated alkanes) is 25. The number of hydrogen-bond acceptors (Lipinski definition) is 8. The molecule has 9 nitrogen and oxygen atoms in total. The molecule has 0 saturated carbocycles. The highest BCUT2D eigenvalue weighted by Crippen LogP contribution is 2.43. The Morgan fingerprint density at radius 1 is 0.569 bits per heavy atom. The number of carbonyl (C=O) groups is 2. The van der Waals surface area contributed by atoms with Crippen LogP contribution in [0.25, 0.3) is 0 Å². The van der Waals surface area contributed by atoms with Crippen molar-refractivity contribution < 1.29 is 37.6 Å². The van der Waals surface area contributed by atoms with Gasteiger partial charge in [0.05, 0.1) is 13.2 Å². The molecular formula is C41H80NO8P. The summed E-state index contributed by atoms with van der Waals surface area (Å²) in [4.78, 5) is 34.8. The Balaban J connectivity index is 4.14. The number of carbonyl (C=O) groups excluding carboxylic acids is 2. The molecule has 10 heteroatoms. The molecule has 0 heterocycles. The van der Waals surface area contributed by atoms with Gasteiger partial charge in [0.15, 0.2) is 6.10 Å². The molecule has 0 spiro atoms. The molecule has 0 aromatic carbocycles. The highest BCUT2D eigenvalue weighted by molar-refractivity contribution is 7.47. The number of esters is 2. The maximum atomic E-state index is 12.6. The summed E-state index contributed by atoms with van der Waals surface area (Å²) in [6.07, 6.45) is 38.1. The van der Waals surface area contributed by atoms with E-state index in [2.05, 4.69) is 26.0 Å². The molecule has 0 aromatic heterocycles. The minimum atomic E-state index is -4.37. The summed E-state index contributed by atoms with van der Waals surface area (Å²) in [5, 5.41) is 0. The molecule has 3 N–H and O–H groups in total. The molecule has 0 rings (SSSR count). The molecule has 2 atom stereocenters. The van der Waals surface area contributed by atoms with Crippen molar-refractivity contribution in [2.24, 2.45) is 5.73 Å². The summed E-state index contributed by atoms with van der Waals surface area (Å²) in [6, 6.07) is 0. The van der Waals surface area contributed by atoms with Crippen LogP contribution in [0, 0.1) is 0 Å². The van der Waals surface area contributed by atoms with Crippen LogP contribution < -0.4 is 5.73 Å². The zero-order valence-electron chi connectivity index (χ0n) is 33.1. The standard InChI is InChI=1S/C41H80NO8P/c1-3-5-7-9-11-13-15-17-18-19-20-22-24-26-28-30-32-34-41(44)50-39(38-49-51(45,46)48-36-35-42)37-47-40(43)33-31-29-27-25-23-21-16-14-12-10-8-6-4-2/h17-18,39H,3-16,19-38,42H2,1-2H3,(H,45,46)/b18-17-. The summed E-state index contributed by atoms with van der Waals surface area (Å²) >= 11 is 0. The Hall–Kier alpha value is -1.25. The van der Waals surface area contributed by atoms with Gasteiger partial charge in [0.25, 0.3) is 0 Å². The van der Waals surface area contributed by atoms with Gasteiger partial charge in [-0.15, -0.1) is 0 Å². The number of allylic oxidation sites excluding steroid dienone is 2. The highest BCUT2D eigenvalue weighted by Gasteiger charge is 2.26. The molecule has 0 saturated heterocycles. The van der Waals surface area contributed by atoms with E-state index in [9.17, 15) is 19.0 Å². The van der Waals surface area contributed by atoms with E-state index in [1.807, 2.05) is 0 Å². The molecule has 0 fully saturated rings. The van der Waals surface area contributed by atoms with Crippen LogP contribution in [-0.2, 0) is 32.7 Å². The van der Waals surface area contributed by atoms with E-state index in [4.69, 9.17) is 24.3 Å². The molecule has 0 aliphatic carbocycles. The van der Waals surface area contributed by atoms with Crippen LogP contribution in [0.3, 0.4) is 0 Å².